The summed E-state index contributed by atoms with van der Waals surface area (Å²) in [6.07, 6.45) is 1.39. The quantitative estimate of drug-likeness (QED) is 0.241. The van der Waals surface area contributed by atoms with Crippen molar-refractivity contribution < 1.29 is 18.4 Å². The summed E-state index contributed by atoms with van der Waals surface area (Å²) in [5, 5.41) is 6.74. The lowest BCUT2D eigenvalue weighted by molar-refractivity contribution is -0.118. The van der Waals surface area contributed by atoms with Gasteiger partial charge in [-0.2, -0.15) is 0 Å². The number of nitrogens with one attached hydrogen (secondary N) is 2. The molecule has 0 aliphatic heterocycles. The Morgan fingerprint density at radius 1 is 0.625 bits per heavy atom. The number of benzene rings is 4. The second-order valence-electron chi connectivity index (χ2n) is 7.03. The molecule has 32 heavy (non-hydrogen) atoms. The van der Waals surface area contributed by atoms with Crippen molar-refractivity contribution in [1.29, 1.82) is 0 Å². The lowest BCUT2D eigenvalue weighted by atomic mass is 10.0. The lowest BCUT2D eigenvalue weighted by Crippen LogP contribution is -2.26. The number of carbonyl (C=O) groups excluding carboxylic acids is 2. The molecule has 0 saturated carbocycles. The van der Waals surface area contributed by atoms with E-state index in [9.17, 15) is 18.4 Å². The third kappa shape index (κ3) is 4.70. The van der Waals surface area contributed by atoms with Gasteiger partial charge in [-0.05, 0) is 52.7 Å². The Morgan fingerprint density at radius 3 is 1.69 bits per heavy atom. The maximum Gasteiger partial charge on any atom is 0.261 e. The summed E-state index contributed by atoms with van der Waals surface area (Å²) in [6, 6.07) is 24.3. The zero-order valence-corrected chi connectivity index (χ0v) is 16.8. The van der Waals surface area contributed by atoms with Gasteiger partial charge in [0.2, 0.25) is 0 Å². The van der Waals surface area contributed by atoms with Crippen molar-refractivity contribution in [3.8, 4) is 0 Å². The highest BCUT2D eigenvalue weighted by molar-refractivity contribution is 6.29. The number of hydrogen-bond acceptors (Lipinski definition) is 2. The molecule has 158 valence electrons. The van der Waals surface area contributed by atoms with Crippen LogP contribution in [0.1, 0.15) is 5.56 Å². The number of rotatable bonds is 5. The molecule has 4 nitrogen and oxygen atoms in total. The predicted octanol–water partition coefficient (Wildman–Crippen LogP) is 5.78. The Labute approximate surface area is 183 Å². The van der Waals surface area contributed by atoms with Crippen molar-refractivity contribution in [2.24, 2.45) is 0 Å². The molecule has 0 spiro atoms. The van der Waals surface area contributed by atoms with E-state index in [4.69, 9.17) is 0 Å². The number of para-hydroxylation sites is 2. The first kappa shape index (κ1) is 20.9. The fourth-order valence-electron chi connectivity index (χ4n) is 3.20. The molecule has 0 atom stereocenters. The monoisotopic (exact) mass is 428 g/mol. The first-order chi connectivity index (χ1) is 15.5. The summed E-state index contributed by atoms with van der Waals surface area (Å²) in [5.41, 5.74) is 0.152. The lowest BCUT2D eigenvalue weighted by Gasteiger charge is -2.11. The second-order valence-corrected chi connectivity index (χ2v) is 7.03. The topological polar surface area (TPSA) is 58.2 Å². The summed E-state index contributed by atoms with van der Waals surface area (Å²) < 4.78 is 28.1. The van der Waals surface area contributed by atoms with Gasteiger partial charge in [0.05, 0.1) is 11.4 Å². The van der Waals surface area contributed by atoms with Crippen molar-refractivity contribution in [2.45, 2.75) is 0 Å². The van der Waals surface area contributed by atoms with Crippen LogP contribution in [0, 0.1) is 11.6 Å². The first-order valence-corrected chi connectivity index (χ1v) is 9.83. The van der Waals surface area contributed by atoms with Crippen LogP contribution in [0.2, 0.25) is 0 Å². The molecular weight excluding hydrogens is 410 g/mol. The van der Waals surface area contributed by atoms with E-state index < -0.39 is 23.4 Å². The van der Waals surface area contributed by atoms with Gasteiger partial charge < -0.3 is 10.6 Å². The third-order valence-electron chi connectivity index (χ3n) is 4.82. The summed E-state index contributed by atoms with van der Waals surface area (Å²) in [5.74, 6) is -2.92. The van der Waals surface area contributed by atoms with Crippen LogP contribution in [0.5, 0.6) is 0 Å². The highest BCUT2D eigenvalue weighted by Gasteiger charge is 2.21. The van der Waals surface area contributed by atoms with E-state index in [1.165, 1.54) is 42.5 Å². The van der Waals surface area contributed by atoms with Crippen molar-refractivity contribution in [3.05, 3.63) is 114 Å². The van der Waals surface area contributed by atoms with E-state index in [-0.39, 0.29) is 16.9 Å². The molecule has 4 aromatic carbocycles. The van der Waals surface area contributed by atoms with Crippen LogP contribution in [0.3, 0.4) is 0 Å². The molecule has 4 aromatic rings. The Morgan fingerprint density at radius 2 is 1.12 bits per heavy atom. The highest BCUT2D eigenvalue weighted by atomic mass is 19.1. The molecular formula is C26H18F2N2O2. The van der Waals surface area contributed by atoms with Crippen LogP contribution in [0.15, 0.2) is 96.6 Å². The number of amides is 2. The van der Waals surface area contributed by atoms with Crippen LogP contribution in [0.4, 0.5) is 20.2 Å². The zero-order chi connectivity index (χ0) is 22.5. The van der Waals surface area contributed by atoms with E-state index in [1.807, 2.05) is 36.4 Å². The Kier molecular flexibility index (Phi) is 6.03. The average Bonchev–Trinajstić information content (AvgIpc) is 2.80. The summed E-state index contributed by atoms with van der Waals surface area (Å²) in [6.45, 7) is 0. The average molecular weight is 428 g/mol. The van der Waals surface area contributed by atoms with Crippen LogP contribution >= 0.6 is 0 Å². The van der Waals surface area contributed by atoms with Gasteiger partial charge in [0.1, 0.15) is 17.2 Å². The van der Waals surface area contributed by atoms with Gasteiger partial charge in [0.25, 0.3) is 11.8 Å². The molecule has 0 bridgehead atoms. The summed E-state index contributed by atoms with van der Waals surface area (Å²) in [7, 11) is 0. The minimum absolute atomic E-state index is 0.0689. The number of anilines is 2. The Hall–Kier alpha value is -4.32. The van der Waals surface area contributed by atoms with Gasteiger partial charge in [-0.1, -0.05) is 60.7 Å². The molecule has 2 amide bonds. The molecule has 0 fully saturated rings. The molecule has 6 heteroatoms. The van der Waals surface area contributed by atoms with E-state index in [0.29, 0.717) is 5.56 Å². The molecule has 0 aliphatic rings. The van der Waals surface area contributed by atoms with Crippen LogP contribution < -0.4 is 10.6 Å². The van der Waals surface area contributed by atoms with E-state index in [1.54, 1.807) is 18.2 Å². The predicted molar refractivity (Wildman–Crippen MR) is 122 cm³/mol. The van der Waals surface area contributed by atoms with Crippen molar-refractivity contribution in [2.75, 3.05) is 10.6 Å². The van der Waals surface area contributed by atoms with E-state index >= 15 is 0 Å². The second kappa shape index (κ2) is 9.22. The number of carbonyl (C=O) groups is 2. The SMILES string of the molecule is O=C(Nc1ccccc1F)C(=Cc1ccc2ccccc2c1)C(=O)Nc1ccccc1F. The minimum atomic E-state index is -0.822. The highest BCUT2D eigenvalue weighted by Crippen LogP contribution is 2.21. The smallest absolute Gasteiger partial charge is 0.261 e. The van der Waals surface area contributed by atoms with Crippen LogP contribution in [-0.4, -0.2) is 11.8 Å². The summed E-state index contributed by atoms with van der Waals surface area (Å²) >= 11 is 0. The molecule has 0 aliphatic carbocycles. The van der Waals surface area contributed by atoms with Crippen molar-refractivity contribution in [1.82, 2.24) is 0 Å². The normalized spacial score (nSPS) is 10.4. The molecule has 2 N–H and O–H groups in total. The largest absolute Gasteiger partial charge is 0.319 e. The molecule has 0 saturated heterocycles. The van der Waals surface area contributed by atoms with Gasteiger partial charge in [0, 0.05) is 0 Å². The molecule has 0 unspecified atom stereocenters. The molecule has 0 radical (unpaired) electrons. The van der Waals surface area contributed by atoms with Gasteiger partial charge in [-0.3, -0.25) is 9.59 Å². The maximum atomic E-state index is 14.0. The van der Waals surface area contributed by atoms with Crippen LogP contribution in [0.25, 0.3) is 16.8 Å². The van der Waals surface area contributed by atoms with Gasteiger partial charge in [0.15, 0.2) is 0 Å². The fraction of sp³-hybridized carbons (Fsp3) is 0. The fourth-order valence-corrected chi connectivity index (χ4v) is 3.20. The van der Waals surface area contributed by atoms with Gasteiger partial charge >= 0.3 is 0 Å². The molecule has 0 aromatic heterocycles. The minimum Gasteiger partial charge on any atom is -0.319 e. The first-order valence-electron chi connectivity index (χ1n) is 9.83. The summed E-state index contributed by atoms with van der Waals surface area (Å²) in [4.78, 5) is 25.9. The van der Waals surface area contributed by atoms with E-state index in [0.717, 1.165) is 10.8 Å². The van der Waals surface area contributed by atoms with Crippen molar-refractivity contribution >= 4 is 40.0 Å². The van der Waals surface area contributed by atoms with E-state index in [2.05, 4.69) is 10.6 Å². The number of fused-ring (bicyclic) bond motifs is 1. The number of halogens is 2. The standard InChI is InChI=1S/C26H18F2N2O2/c27-21-9-3-5-11-23(21)29-25(31)20(26(32)30-24-12-6-4-10-22(24)28)16-17-13-14-18-7-1-2-8-19(18)15-17/h1-16H,(H,29,31)(H,30,32). The van der Waals surface area contributed by atoms with Crippen molar-refractivity contribution in [3.63, 3.8) is 0 Å². The zero-order valence-electron chi connectivity index (χ0n) is 16.8. The van der Waals surface area contributed by atoms with Crippen LogP contribution in [-0.2, 0) is 9.59 Å². The number of hydrogen-bond donors (Lipinski definition) is 2. The van der Waals surface area contributed by atoms with Gasteiger partial charge in [-0.15, -0.1) is 0 Å². The third-order valence-corrected chi connectivity index (χ3v) is 4.82. The Balaban J connectivity index is 1.71. The van der Waals surface area contributed by atoms with Gasteiger partial charge in [-0.25, -0.2) is 8.78 Å². The maximum absolute atomic E-state index is 14.0. The molecule has 4 rings (SSSR count). The molecule has 0 heterocycles. The Bertz CT molecular complexity index is 1290.